The lowest BCUT2D eigenvalue weighted by molar-refractivity contribution is 0.00315. The SMILES string of the molecule is NCC1CCN(c2cnn(C[C@@H]3CCCCO3)c(=O)c2)CC1. The first-order chi connectivity index (χ1) is 10.8. The van der Waals surface area contributed by atoms with Gasteiger partial charge in [-0.3, -0.25) is 4.79 Å². The molecule has 2 N–H and O–H groups in total. The lowest BCUT2D eigenvalue weighted by Gasteiger charge is -2.32. The molecule has 3 rings (SSSR count). The highest BCUT2D eigenvalue weighted by atomic mass is 16.5. The van der Waals surface area contributed by atoms with Gasteiger partial charge in [0.05, 0.1) is 24.5 Å². The first-order valence-electron chi connectivity index (χ1n) is 8.40. The van der Waals surface area contributed by atoms with Crippen LogP contribution in [0, 0.1) is 5.92 Å². The molecule has 6 heteroatoms. The molecule has 0 amide bonds. The Balaban J connectivity index is 1.63. The van der Waals surface area contributed by atoms with Crippen LogP contribution in [-0.4, -0.2) is 42.1 Å². The zero-order valence-electron chi connectivity index (χ0n) is 13.1. The average Bonchev–Trinajstić information content (AvgIpc) is 2.58. The number of anilines is 1. The molecule has 0 radical (unpaired) electrons. The fraction of sp³-hybridized carbons (Fsp3) is 0.750. The Hall–Kier alpha value is -1.40. The number of nitrogens with two attached hydrogens (primary N) is 1. The normalized spacial score (nSPS) is 23.7. The Morgan fingerprint density at radius 3 is 2.73 bits per heavy atom. The number of aromatic nitrogens is 2. The monoisotopic (exact) mass is 306 g/mol. The van der Waals surface area contributed by atoms with Crippen molar-refractivity contribution in [2.75, 3.05) is 31.1 Å². The Bertz CT molecular complexity index is 531. The van der Waals surface area contributed by atoms with Gasteiger partial charge in [-0.05, 0) is 44.6 Å². The summed E-state index contributed by atoms with van der Waals surface area (Å²) in [5.41, 5.74) is 6.62. The maximum atomic E-state index is 12.3. The average molecular weight is 306 g/mol. The molecule has 0 aromatic carbocycles. The highest BCUT2D eigenvalue weighted by Gasteiger charge is 2.20. The van der Waals surface area contributed by atoms with E-state index >= 15 is 0 Å². The molecule has 0 saturated carbocycles. The van der Waals surface area contributed by atoms with Gasteiger partial charge in [-0.1, -0.05) is 0 Å². The Morgan fingerprint density at radius 1 is 1.27 bits per heavy atom. The van der Waals surface area contributed by atoms with Gasteiger partial charge < -0.3 is 15.4 Å². The molecule has 0 spiro atoms. The van der Waals surface area contributed by atoms with Gasteiger partial charge >= 0.3 is 0 Å². The molecule has 2 aliphatic rings. The van der Waals surface area contributed by atoms with Crippen molar-refractivity contribution in [3.8, 4) is 0 Å². The number of piperidine rings is 1. The summed E-state index contributed by atoms with van der Waals surface area (Å²) in [6, 6.07) is 1.71. The van der Waals surface area contributed by atoms with Crippen molar-refractivity contribution in [2.24, 2.45) is 11.7 Å². The van der Waals surface area contributed by atoms with E-state index in [0.29, 0.717) is 12.5 Å². The minimum absolute atomic E-state index is 0.0346. The predicted octanol–water partition coefficient (Wildman–Crippen LogP) is 0.987. The van der Waals surface area contributed by atoms with E-state index in [2.05, 4.69) is 10.00 Å². The van der Waals surface area contributed by atoms with Gasteiger partial charge in [-0.2, -0.15) is 5.10 Å². The summed E-state index contributed by atoms with van der Waals surface area (Å²) in [6.07, 6.45) is 7.44. The standard InChI is InChI=1S/C16H26N4O2/c17-10-13-4-6-19(7-5-13)14-9-16(21)20(18-11-14)12-15-3-1-2-8-22-15/h9,11,13,15H,1-8,10,12,17H2/t15-/m0/s1. The molecule has 122 valence electrons. The lowest BCUT2D eigenvalue weighted by atomic mass is 9.97. The Labute approximate surface area is 131 Å². The van der Waals surface area contributed by atoms with Crippen LogP contribution < -0.4 is 16.2 Å². The van der Waals surface area contributed by atoms with Crippen LogP contribution in [0.2, 0.25) is 0 Å². The van der Waals surface area contributed by atoms with E-state index in [1.54, 1.807) is 6.07 Å². The van der Waals surface area contributed by atoms with Crippen LogP contribution >= 0.6 is 0 Å². The molecule has 0 unspecified atom stereocenters. The highest BCUT2D eigenvalue weighted by molar-refractivity contribution is 5.43. The zero-order chi connectivity index (χ0) is 15.4. The van der Waals surface area contributed by atoms with E-state index in [9.17, 15) is 4.79 Å². The minimum Gasteiger partial charge on any atom is -0.376 e. The third-order valence-corrected chi connectivity index (χ3v) is 4.82. The number of ether oxygens (including phenoxy) is 1. The first-order valence-corrected chi connectivity index (χ1v) is 8.40. The summed E-state index contributed by atoms with van der Waals surface area (Å²) in [7, 11) is 0. The minimum atomic E-state index is -0.0346. The highest BCUT2D eigenvalue weighted by Crippen LogP contribution is 2.21. The van der Waals surface area contributed by atoms with Crippen molar-refractivity contribution in [1.29, 1.82) is 0 Å². The van der Waals surface area contributed by atoms with Crippen LogP contribution in [0.3, 0.4) is 0 Å². The second-order valence-electron chi connectivity index (χ2n) is 6.39. The molecule has 2 aliphatic heterocycles. The number of rotatable bonds is 4. The lowest BCUT2D eigenvalue weighted by Crippen LogP contribution is -2.37. The van der Waals surface area contributed by atoms with Crippen molar-refractivity contribution in [1.82, 2.24) is 9.78 Å². The van der Waals surface area contributed by atoms with Crippen molar-refractivity contribution in [2.45, 2.75) is 44.8 Å². The summed E-state index contributed by atoms with van der Waals surface area (Å²) < 4.78 is 7.22. The van der Waals surface area contributed by atoms with Crippen LogP contribution in [0.4, 0.5) is 5.69 Å². The molecule has 22 heavy (non-hydrogen) atoms. The van der Waals surface area contributed by atoms with E-state index < -0.39 is 0 Å². The summed E-state index contributed by atoms with van der Waals surface area (Å²) in [6.45, 7) is 4.04. The van der Waals surface area contributed by atoms with E-state index in [4.69, 9.17) is 10.5 Å². The fourth-order valence-corrected chi connectivity index (χ4v) is 3.31. The molecular weight excluding hydrogens is 280 g/mol. The van der Waals surface area contributed by atoms with E-state index in [1.807, 2.05) is 6.20 Å². The van der Waals surface area contributed by atoms with Crippen LogP contribution in [0.5, 0.6) is 0 Å². The number of nitrogens with zero attached hydrogens (tertiary/aromatic N) is 3. The molecule has 6 nitrogen and oxygen atoms in total. The zero-order valence-corrected chi connectivity index (χ0v) is 13.1. The van der Waals surface area contributed by atoms with E-state index in [1.165, 1.54) is 11.1 Å². The summed E-state index contributed by atoms with van der Waals surface area (Å²) in [5.74, 6) is 0.619. The summed E-state index contributed by atoms with van der Waals surface area (Å²) >= 11 is 0. The largest absolute Gasteiger partial charge is 0.376 e. The molecule has 0 bridgehead atoms. The van der Waals surface area contributed by atoms with Gasteiger partial charge in [0.1, 0.15) is 0 Å². The van der Waals surface area contributed by atoms with Crippen LogP contribution in [0.25, 0.3) is 0 Å². The van der Waals surface area contributed by atoms with Crippen LogP contribution in [0.1, 0.15) is 32.1 Å². The molecule has 3 heterocycles. The molecule has 1 aromatic heterocycles. The Kier molecular flexibility index (Phi) is 5.10. The summed E-state index contributed by atoms with van der Waals surface area (Å²) in [5, 5.41) is 4.34. The van der Waals surface area contributed by atoms with Crippen molar-refractivity contribution in [3.63, 3.8) is 0 Å². The number of hydrogen-bond donors (Lipinski definition) is 1. The maximum Gasteiger partial charge on any atom is 0.268 e. The van der Waals surface area contributed by atoms with Gasteiger partial charge in [0.15, 0.2) is 0 Å². The molecular formula is C16H26N4O2. The van der Waals surface area contributed by atoms with Gasteiger partial charge in [0.25, 0.3) is 5.56 Å². The molecule has 0 aliphatic carbocycles. The van der Waals surface area contributed by atoms with E-state index in [0.717, 1.165) is 57.6 Å². The van der Waals surface area contributed by atoms with Gasteiger partial charge in [0, 0.05) is 25.8 Å². The second kappa shape index (κ2) is 7.24. The van der Waals surface area contributed by atoms with E-state index in [-0.39, 0.29) is 11.7 Å². The van der Waals surface area contributed by atoms with Crippen molar-refractivity contribution in [3.05, 3.63) is 22.6 Å². The van der Waals surface area contributed by atoms with Crippen molar-refractivity contribution >= 4 is 5.69 Å². The Morgan fingerprint density at radius 2 is 2.09 bits per heavy atom. The van der Waals surface area contributed by atoms with Crippen LogP contribution in [-0.2, 0) is 11.3 Å². The smallest absolute Gasteiger partial charge is 0.268 e. The fourth-order valence-electron chi connectivity index (χ4n) is 3.31. The third-order valence-electron chi connectivity index (χ3n) is 4.82. The van der Waals surface area contributed by atoms with Crippen LogP contribution in [0.15, 0.2) is 17.1 Å². The van der Waals surface area contributed by atoms with Gasteiger partial charge in [0.2, 0.25) is 0 Å². The molecule has 2 fully saturated rings. The van der Waals surface area contributed by atoms with Gasteiger partial charge in [-0.25, -0.2) is 4.68 Å². The van der Waals surface area contributed by atoms with Gasteiger partial charge in [-0.15, -0.1) is 0 Å². The molecule has 1 aromatic rings. The second-order valence-corrected chi connectivity index (χ2v) is 6.39. The predicted molar refractivity (Wildman–Crippen MR) is 86.1 cm³/mol. The molecule has 2 saturated heterocycles. The quantitative estimate of drug-likeness (QED) is 0.898. The van der Waals surface area contributed by atoms with Crippen molar-refractivity contribution < 1.29 is 4.74 Å². The number of hydrogen-bond acceptors (Lipinski definition) is 5. The first kappa shape index (κ1) is 15.5. The topological polar surface area (TPSA) is 73.4 Å². The molecule has 1 atom stereocenters. The summed E-state index contributed by atoms with van der Waals surface area (Å²) in [4.78, 5) is 14.5. The maximum absolute atomic E-state index is 12.3. The third kappa shape index (κ3) is 3.67.